The van der Waals surface area contributed by atoms with E-state index in [-0.39, 0.29) is 24.5 Å². The number of carbonyl (C=O) groups is 2. The number of ether oxygens (including phenoxy) is 1. The highest BCUT2D eigenvalue weighted by Gasteiger charge is 2.37. The molecule has 1 unspecified atom stereocenters. The lowest BCUT2D eigenvalue weighted by atomic mass is 10.1. The van der Waals surface area contributed by atoms with Gasteiger partial charge in [-0.3, -0.25) is 10.1 Å². The molecule has 0 radical (unpaired) electrons. The van der Waals surface area contributed by atoms with Crippen molar-refractivity contribution in [2.24, 2.45) is 5.92 Å². The Balaban J connectivity index is 1.90. The maximum atomic E-state index is 11.6. The van der Waals surface area contributed by atoms with Crippen molar-refractivity contribution in [2.75, 3.05) is 19.7 Å². The molecule has 3 N–H and O–H groups in total. The Kier molecular flexibility index (Phi) is 3.84. The fourth-order valence-electron chi connectivity index (χ4n) is 2.30. The van der Waals surface area contributed by atoms with E-state index >= 15 is 0 Å². The van der Waals surface area contributed by atoms with Crippen molar-refractivity contribution >= 4 is 11.9 Å². The van der Waals surface area contributed by atoms with Crippen molar-refractivity contribution in [1.29, 1.82) is 0 Å². The van der Waals surface area contributed by atoms with Crippen LogP contribution in [0.1, 0.15) is 13.3 Å². The van der Waals surface area contributed by atoms with Gasteiger partial charge in [0.05, 0.1) is 24.7 Å². The first-order valence-corrected chi connectivity index (χ1v) is 6.05. The van der Waals surface area contributed by atoms with Crippen molar-refractivity contribution in [1.82, 2.24) is 10.2 Å². The van der Waals surface area contributed by atoms with Crippen LogP contribution in [0.3, 0.4) is 0 Å². The Bertz CT molecular complexity index is 348. The van der Waals surface area contributed by atoms with E-state index in [4.69, 9.17) is 9.84 Å². The minimum Gasteiger partial charge on any atom is -0.394 e. The van der Waals surface area contributed by atoms with Crippen LogP contribution in [-0.4, -0.2) is 65.1 Å². The highest BCUT2D eigenvalue weighted by Crippen LogP contribution is 2.22. The zero-order valence-electron chi connectivity index (χ0n) is 10.2. The summed E-state index contributed by atoms with van der Waals surface area (Å²) in [5.41, 5.74) is 0. The second-order valence-electron chi connectivity index (χ2n) is 4.88. The van der Waals surface area contributed by atoms with Crippen LogP contribution in [0, 0.1) is 5.92 Å². The van der Waals surface area contributed by atoms with E-state index in [0.29, 0.717) is 19.5 Å². The molecule has 4 atom stereocenters. The second-order valence-corrected chi connectivity index (χ2v) is 4.88. The van der Waals surface area contributed by atoms with E-state index in [2.05, 4.69) is 5.32 Å². The molecule has 2 heterocycles. The number of imide groups is 1. The summed E-state index contributed by atoms with van der Waals surface area (Å²) in [4.78, 5) is 24.4. The number of aliphatic hydroxyl groups excluding tert-OH is 2. The molecule has 7 nitrogen and oxygen atoms in total. The Hall–Kier alpha value is -1.18. The van der Waals surface area contributed by atoms with Crippen LogP contribution in [0.2, 0.25) is 0 Å². The molecule has 2 fully saturated rings. The smallest absolute Gasteiger partial charge is 0.324 e. The summed E-state index contributed by atoms with van der Waals surface area (Å²) in [6.07, 6.45) is -1.20. The molecule has 0 aromatic rings. The lowest BCUT2D eigenvalue weighted by molar-refractivity contribution is -0.125. The maximum absolute atomic E-state index is 11.6. The van der Waals surface area contributed by atoms with Gasteiger partial charge in [0.25, 0.3) is 0 Å². The zero-order valence-corrected chi connectivity index (χ0v) is 10.2. The Morgan fingerprint density at radius 1 is 1.50 bits per heavy atom. The molecule has 7 heteroatoms. The van der Waals surface area contributed by atoms with Gasteiger partial charge in [0, 0.05) is 19.5 Å². The summed E-state index contributed by atoms with van der Waals surface area (Å²) in [6.45, 7) is 2.18. The molecular formula is C11H18N2O5. The molecular weight excluding hydrogens is 240 g/mol. The monoisotopic (exact) mass is 258 g/mol. The number of hydrogen-bond donors (Lipinski definition) is 3. The first kappa shape index (κ1) is 13.3. The molecule has 0 spiro atoms. The lowest BCUT2D eigenvalue weighted by Gasteiger charge is -2.31. The van der Waals surface area contributed by atoms with Crippen LogP contribution in [0.4, 0.5) is 4.79 Å². The van der Waals surface area contributed by atoms with Crippen molar-refractivity contribution in [3.05, 3.63) is 0 Å². The molecule has 2 saturated heterocycles. The third-order valence-corrected chi connectivity index (χ3v) is 3.36. The minimum absolute atomic E-state index is 0.237. The third kappa shape index (κ3) is 2.63. The van der Waals surface area contributed by atoms with Gasteiger partial charge in [-0.15, -0.1) is 0 Å². The van der Waals surface area contributed by atoms with Gasteiger partial charge in [0.1, 0.15) is 6.10 Å². The van der Waals surface area contributed by atoms with Crippen molar-refractivity contribution in [3.8, 4) is 0 Å². The molecule has 0 aliphatic carbocycles. The summed E-state index contributed by atoms with van der Waals surface area (Å²) in [5.74, 6) is -0.514. The first-order chi connectivity index (χ1) is 8.51. The Morgan fingerprint density at radius 2 is 2.22 bits per heavy atom. The van der Waals surface area contributed by atoms with Crippen LogP contribution >= 0.6 is 0 Å². The van der Waals surface area contributed by atoms with Gasteiger partial charge in [-0.1, -0.05) is 6.92 Å². The Labute approximate surface area is 105 Å². The summed E-state index contributed by atoms with van der Waals surface area (Å²) >= 11 is 0. The van der Waals surface area contributed by atoms with Crippen molar-refractivity contribution < 1.29 is 24.5 Å². The number of aliphatic hydroxyl groups is 2. The lowest BCUT2D eigenvalue weighted by Crippen LogP contribution is -2.55. The summed E-state index contributed by atoms with van der Waals surface area (Å²) in [5, 5.41) is 20.8. The third-order valence-electron chi connectivity index (χ3n) is 3.36. The van der Waals surface area contributed by atoms with Crippen LogP contribution in [0.5, 0.6) is 0 Å². The SMILES string of the molecule is CC1CN(C[C@@H]2C[C@@H](O)[C@H](CO)O2)C(=O)NC1=O. The average Bonchev–Trinajstić information content (AvgIpc) is 2.66. The number of amides is 3. The molecule has 2 rings (SSSR count). The highest BCUT2D eigenvalue weighted by atomic mass is 16.5. The number of nitrogens with one attached hydrogen (secondary N) is 1. The fraction of sp³-hybridized carbons (Fsp3) is 0.818. The van der Waals surface area contributed by atoms with E-state index in [0.717, 1.165) is 0 Å². The molecule has 18 heavy (non-hydrogen) atoms. The van der Waals surface area contributed by atoms with Gasteiger partial charge < -0.3 is 19.8 Å². The Morgan fingerprint density at radius 3 is 2.83 bits per heavy atom. The van der Waals surface area contributed by atoms with Crippen molar-refractivity contribution in [3.63, 3.8) is 0 Å². The van der Waals surface area contributed by atoms with Gasteiger partial charge in [-0.25, -0.2) is 4.79 Å². The molecule has 0 aromatic heterocycles. The molecule has 2 aliphatic heterocycles. The summed E-state index contributed by atoms with van der Waals surface area (Å²) in [6, 6.07) is -0.427. The van der Waals surface area contributed by atoms with Gasteiger partial charge in [0.15, 0.2) is 0 Å². The number of rotatable bonds is 3. The van der Waals surface area contributed by atoms with Gasteiger partial charge in [-0.05, 0) is 0 Å². The van der Waals surface area contributed by atoms with Crippen LogP contribution < -0.4 is 5.32 Å². The molecule has 2 aliphatic rings. The number of hydrogen-bond acceptors (Lipinski definition) is 5. The first-order valence-electron chi connectivity index (χ1n) is 6.05. The predicted octanol–water partition coefficient (Wildman–Crippen LogP) is -1.31. The number of nitrogens with zero attached hydrogens (tertiary/aromatic N) is 1. The maximum Gasteiger partial charge on any atom is 0.324 e. The quantitative estimate of drug-likeness (QED) is 0.583. The number of carbonyl (C=O) groups excluding carboxylic acids is 2. The highest BCUT2D eigenvalue weighted by molar-refractivity contribution is 5.97. The van der Waals surface area contributed by atoms with E-state index in [9.17, 15) is 14.7 Å². The van der Waals surface area contributed by atoms with Crippen LogP contribution in [0.25, 0.3) is 0 Å². The summed E-state index contributed by atoms with van der Waals surface area (Å²) < 4.78 is 5.43. The second kappa shape index (κ2) is 5.21. The van der Waals surface area contributed by atoms with Gasteiger partial charge in [0.2, 0.25) is 5.91 Å². The molecule has 0 saturated carbocycles. The minimum atomic E-state index is -0.702. The van der Waals surface area contributed by atoms with Crippen molar-refractivity contribution in [2.45, 2.75) is 31.7 Å². The fourth-order valence-corrected chi connectivity index (χ4v) is 2.30. The van der Waals surface area contributed by atoms with Crippen LogP contribution in [0.15, 0.2) is 0 Å². The van der Waals surface area contributed by atoms with Crippen LogP contribution in [-0.2, 0) is 9.53 Å². The number of urea groups is 1. The van der Waals surface area contributed by atoms with E-state index in [1.54, 1.807) is 6.92 Å². The zero-order chi connectivity index (χ0) is 13.3. The van der Waals surface area contributed by atoms with Gasteiger partial charge >= 0.3 is 6.03 Å². The topological polar surface area (TPSA) is 99.1 Å². The van der Waals surface area contributed by atoms with E-state index in [1.807, 2.05) is 0 Å². The molecule has 102 valence electrons. The summed E-state index contributed by atoms with van der Waals surface area (Å²) in [7, 11) is 0. The largest absolute Gasteiger partial charge is 0.394 e. The normalized spacial score (nSPS) is 36.9. The standard InChI is InChI=1S/C11H18N2O5/c1-6-3-13(11(17)12-10(6)16)4-7-2-8(15)9(5-14)18-7/h6-9,14-15H,2-5H2,1H3,(H,12,16,17)/t6?,7-,8+,9-/m0/s1. The molecule has 3 amide bonds. The van der Waals surface area contributed by atoms with Gasteiger partial charge in [-0.2, -0.15) is 0 Å². The van der Waals surface area contributed by atoms with E-state index < -0.39 is 18.2 Å². The predicted molar refractivity (Wildman–Crippen MR) is 60.6 cm³/mol. The molecule has 0 aromatic carbocycles. The van der Waals surface area contributed by atoms with E-state index in [1.165, 1.54) is 4.90 Å². The average molecular weight is 258 g/mol. The molecule has 0 bridgehead atoms.